The van der Waals surface area contributed by atoms with Crippen molar-refractivity contribution in [3.8, 4) is 0 Å². The number of rotatable bonds is 0. The zero-order valence-corrected chi connectivity index (χ0v) is 6.75. The standard InChI is InChI=1S/2C2H5.BrH.Co/c2*1-2;;/h2*1H2,2H3;1H;/q2*-1;;+3/p-1. The van der Waals surface area contributed by atoms with Gasteiger partial charge in [0.1, 0.15) is 0 Å². The van der Waals surface area contributed by atoms with E-state index >= 15 is 0 Å². The molecule has 6 heavy (non-hydrogen) atoms. The van der Waals surface area contributed by atoms with E-state index in [9.17, 15) is 0 Å². The van der Waals surface area contributed by atoms with E-state index in [0.717, 1.165) is 0 Å². The van der Waals surface area contributed by atoms with Crippen LogP contribution in [-0.4, -0.2) is 0 Å². The van der Waals surface area contributed by atoms with Crippen LogP contribution in [0.5, 0.6) is 0 Å². The molecule has 0 atom stereocenters. The summed E-state index contributed by atoms with van der Waals surface area (Å²) in [6.45, 7) is 10.0. The first-order valence-corrected chi connectivity index (χ1v) is 4.11. The Morgan fingerprint density at radius 2 is 1.00 bits per heavy atom. The fourth-order valence-electron chi connectivity index (χ4n) is 0. The van der Waals surface area contributed by atoms with Crippen LogP contribution in [0.4, 0.5) is 0 Å². The summed E-state index contributed by atoms with van der Waals surface area (Å²) >= 11 is 6.00. The molecule has 0 aliphatic carbocycles. The summed E-state index contributed by atoms with van der Waals surface area (Å²) in [4.78, 5) is 0. The summed E-state index contributed by atoms with van der Waals surface area (Å²) in [5.41, 5.74) is 0. The van der Waals surface area contributed by atoms with E-state index in [2.05, 4.69) is 42.0 Å². The topological polar surface area (TPSA) is 0 Å². The van der Waals surface area contributed by atoms with Gasteiger partial charge >= 0.3 is 28.1 Å². The van der Waals surface area contributed by atoms with Gasteiger partial charge in [0.05, 0.1) is 0 Å². The fourth-order valence-corrected chi connectivity index (χ4v) is 0. The van der Waals surface area contributed by atoms with E-state index in [1.807, 2.05) is 0 Å². The third kappa shape index (κ3) is 81.4. The van der Waals surface area contributed by atoms with Gasteiger partial charge in [-0.2, -0.15) is 13.8 Å². The molecule has 0 aliphatic rings. The first-order valence-electron chi connectivity index (χ1n) is 1.54. The molecule has 0 fully saturated rings. The van der Waals surface area contributed by atoms with Crippen LogP contribution in [0.3, 0.4) is 0 Å². The molecule has 0 saturated heterocycles. The third-order valence-electron chi connectivity index (χ3n) is 0. The Morgan fingerprint density at radius 1 is 1.00 bits per heavy atom. The molecular weight excluding hydrogens is 187 g/mol. The van der Waals surface area contributed by atoms with E-state index in [4.69, 9.17) is 0 Å². The van der Waals surface area contributed by atoms with Gasteiger partial charge in [0.2, 0.25) is 0 Å². The molecule has 0 aliphatic heterocycles. The Hall–Kier alpha value is 0.986. The molecule has 0 spiro atoms. The van der Waals surface area contributed by atoms with Gasteiger partial charge in [0.15, 0.2) is 0 Å². The van der Waals surface area contributed by atoms with Crippen molar-refractivity contribution >= 4 is 14.2 Å². The van der Waals surface area contributed by atoms with E-state index < -0.39 is 0 Å². The second kappa shape index (κ2) is 153. The SMILES string of the molecule is [CH2-]C.[CH2-]C.[Co+2][Br]. The molecule has 0 aromatic heterocycles. The molecule has 0 amide bonds. The van der Waals surface area contributed by atoms with E-state index in [-0.39, 0.29) is 0 Å². The molecule has 0 saturated carbocycles. The second-order valence-electron chi connectivity index (χ2n) is 0. The minimum atomic E-state index is 1.75. The molecular formula is C4H10BrCo. The summed E-state index contributed by atoms with van der Waals surface area (Å²) in [7, 11) is 0. The fraction of sp³-hybridized carbons (Fsp3) is 0.500. The molecule has 0 N–H and O–H groups in total. The molecule has 0 unspecified atom stereocenters. The quantitative estimate of drug-likeness (QED) is 0.523. The second-order valence-corrected chi connectivity index (χ2v) is 0. The molecule has 0 radical (unpaired) electrons. The van der Waals surface area contributed by atoms with Crippen LogP contribution in [0.15, 0.2) is 0 Å². The summed E-state index contributed by atoms with van der Waals surface area (Å²) in [6, 6.07) is 0. The van der Waals surface area contributed by atoms with Crippen LogP contribution in [0, 0.1) is 13.8 Å². The summed E-state index contributed by atoms with van der Waals surface area (Å²) in [5.74, 6) is 0. The van der Waals surface area contributed by atoms with Crippen LogP contribution in [-0.2, 0) is 13.9 Å². The summed E-state index contributed by atoms with van der Waals surface area (Å²) < 4.78 is 0. The van der Waals surface area contributed by atoms with Crippen molar-refractivity contribution in [2.75, 3.05) is 0 Å². The Labute approximate surface area is 56.0 Å². The summed E-state index contributed by atoms with van der Waals surface area (Å²) in [5, 5.41) is 0. The van der Waals surface area contributed by atoms with Crippen LogP contribution < -0.4 is 0 Å². The van der Waals surface area contributed by atoms with Crippen molar-refractivity contribution in [1.82, 2.24) is 0 Å². The van der Waals surface area contributed by atoms with Crippen molar-refractivity contribution in [2.45, 2.75) is 13.8 Å². The first-order chi connectivity index (χ1) is 3.00. The predicted octanol–water partition coefficient (Wildman–Crippen LogP) is 2.52. The van der Waals surface area contributed by atoms with Gasteiger partial charge in [-0.1, -0.05) is 0 Å². The molecule has 0 heterocycles. The zero-order chi connectivity index (χ0) is 6.00. The maximum absolute atomic E-state index is 3.38. The minimum absolute atomic E-state index is 1.75. The molecule has 0 bridgehead atoms. The molecule has 0 nitrogen and oxygen atoms in total. The van der Waals surface area contributed by atoms with Gasteiger partial charge in [0, 0.05) is 0 Å². The number of hydrogen-bond acceptors (Lipinski definition) is 0. The van der Waals surface area contributed by atoms with Gasteiger partial charge < -0.3 is 13.8 Å². The Kier molecular flexibility index (Phi) is 402. The Bertz CT molecular complexity index is 7.51. The average Bonchev–Trinajstić information content (AvgIpc) is 1.81. The average molecular weight is 197 g/mol. The van der Waals surface area contributed by atoms with Gasteiger partial charge in [0.25, 0.3) is 0 Å². The van der Waals surface area contributed by atoms with Crippen LogP contribution in [0.2, 0.25) is 0 Å². The zero-order valence-electron chi connectivity index (χ0n) is 4.13. The monoisotopic (exact) mass is 196 g/mol. The normalized spacial score (nSPS) is 3.00. The number of hydrogen-bond donors (Lipinski definition) is 0. The van der Waals surface area contributed by atoms with Crippen molar-refractivity contribution in [2.24, 2.45) is 0 Å². The van der Waals surface area contributed by atoms with Crippen LogP contribution >= 0.6 is 14.2 Å². The van der Waals surface area contributed by atoms with Gasteiger partial charge in [-0.05, 0) is 0 Å². The third-order valence-corrected chi connectivity index (χ3v) is 0. The van der Waals surface area contributed by atoms with Crippen molar-refractivity contribution in [1.29, 1.82) is 0 Å². The van der Waals surface area contributed by atoms with Crippen molar-refractivity contribution in [3.05, 3.63) is 13.8 Å². The Morgan fingerprint density at radius 3 is 1.00 bits per heavy atom. The first kappa shape index (κ1) is 15.8. The van der Waals surface area contributed by atoms with Crippen molar-refractivity contribution in [3.63, 3.8) is 0 Å². The maximum atomic E-state index is 3.38. The summed E-state index contributed by atoms with van der Waals surface area (Å²) in [6.07, 6.45) is 0. The van der Waals surface area contributed by atoms with Crippen molar-refractivity contribution < 1.29 is 13.9 Å². The van der Waals surface area contributed by atoms with E-state index in [1.54, 1.807) is 13.8 Å². The molecule has 0 aromatic carbocycles. The molecule has 0 aromatic rings. The molecule has 2 heteroatoms. The van der Waals surface area contributed by atoms with E-state index in [1.165, 1.54) is 0 Å². The molecule has 0 rings (SSSR count). The van der Waals surface area contributed by atoms with Crippen LogP contribution in [0.1, 0.15) is 13.8 Å². The Balaban J connectivity index is -0.0000000225. The van der Waals surface area contributed by atoms with Gasteiger partial charge in [-0.3, -0.25) is 0 Å². The van der Waals surface area contributed by atoms with Gasteiger partial charge in [-0.25, -0.2) is 0 Å². The predicted molar refractivity (Wildman–Crippen MR) is 31.0 cm³/mol. The number of halogens is 1. The van der Waals surface area contributed by atoms with E-state index in [0.29, 0.717) is 0 Å². The van der Waals surface area contributed by atoms with Gasteiger partial charge in [-0.15, -0.1) is 0 Å². The molecule has 42 valence electrons. The van der Waals surface area contributed by atoms with Crippen LogP contribution in [0.25, 0.3) is 0 Å².